The van der Waals surface area contributed by atoms with E-state index in [0.29, 0.717) is 21.3 Å². The average Bonchev–Trinajstić information content (AvgIpc) is 2.51. The summed E-state index contributed by atoms with van der Waals surface area (Å²) in [6.45, 7) is 0. The van der Waals surface area contributed by atoms with Crippen LogP contribution in [0.1, 0.15) is 15.9 Å². The zero-order chi connectivity index (χ0) is 16.1. The summed E-state index contributed by atoms with van der Waals surface area (Å²) in [5.41, 5.74) is 3.29. The molecule has 0 atom stereocenters. The summed E-state index contributed by atoms with van der Waals surface area (Å²) in [5.74, 6) is 0.227. The molecule has 5 nitrogen and oxygen atoms in total. The highest BCUT2D eigenvalue weighted by molar-refractivity contribution is 9.10. The fraction of sp³-hybridized carbons (Fsp3) is 0.0667. The molecule has 0 fully saturated rings. The van der Waals surface area contributed by atoms with E-state index in [4.69, 9.17) is 4.74 Å². The molecule has 22 heavy (non-hydrogen) atoms. The summed E-state index contributed by atoms with van der Waals surface area (Å²) >= 11 is 6.52. The third-order valence-corrected chi connectivity index (χ3v) is 3.86. The summed E-state index contributed by atoms with van der Waals surface area (Å²) in [5, 5.41) is 13.8. The maximum Gasteiger partial charge on any atom is 0.271 e. The molecule has 0 saturated carbocycles. The number of phenols is 1. The van der Waals surface area contributed by atoms with E-state index in [0.717, 1.165) is 4.47 Å². The Hall–Kier alpha value is -1.86. The standard InChI is InChI=1S/C15H12Br2N2O3/c1-22-12-6-10(14(20)13(17)7-12)8-18-19-15(21)9-3-2-4-11(16)5-9/h2-8,20H,1H3,(H,19,21)/b18-8-. The molecule has 0 radical (unpaired) electrons. The smallest absolute Gasteiger partial charge is 0.271 e. The first-order valence-corrected chi connectivity index (χ1v) is 7.75. The second kappa shape index (κ2) is 7.42. The third kappa shape index (κ3) is 4.08. The van der Waals surface area contributed by atoms with Crippen molar-refractivity contribution in [1.82, 2.24) is 5.43 Å². The first-order chi connectivity index (χ1) is 10.5. The number of methoxy groups -OCH3 is 1. The van der Waals surface area contributed by atoms with Gasteiger partial charge < -0.3 is 9.84 Å². The molecular weight excluding hydrogens is 416 g/mol. The monoisotopic (exact) mass is 426 g/mol. The molecule has 7 heteroatoms. The maximum absolute atomic E-state index is 11.9. The van der Waals surface area contributed by atoms with E-state index in [1.165, 1.54) is 13.3 Å². The Morgan fingerprint density at radius 3 is 2.77 bits per heavy atom. The molecule has 0 aromatic heterocycles. The van der Waals surface area contributed by atoms with E-state index in [1.807, 2.05) is 6.07 Å². The second-order valence-corrected chi connectivity index (χ2v) is 6.03. The van der Waals surface area contributed by atoms with Crippen molar-refractivity contribution < 1.29 is 14.6 Å². The summed E-state index contributed by atoms with van der Waals surface area (Å²) in [7, 11) is 1.52. The Balaban J connectivity index is 2.13. The molecule has 0 unspecified atom stereocenters. The van der Waals surface area contributed by atoms with Crippen LogP contribution in [0.5, 0.6) is 11.5 Å². The fourth-order valence-corrected chi connectivity index (χ4v) is 2.52. The summed E-state index contributed by atoms with van der Waals surface area (Å²) in [6, 6.07) is 10.2. The number of hydrogen-bond acceptors (Lipinski definition) is 4. The molecule has 0 spiro atoms. The largest absolute Gasteiger partial charge is 0.506 e. The predicted octanol–water partition coefficient (Wildman–Crippen LogP) is 3.69. The van der Waals surface area contributed by atoms with Crippen LogP contribution in [0.25, 0.3) is 0 Å². The molecule has 0 aliphatic rings. The lowest BCUT2D eigenvalue weighted by molar-refractivity contribution is 0.0955. The second-order valence-electron chi connectivity index (χ2n) is 4.26. The number of carbonyl (C=O) groups excluding carboxylic acids is 1. The molecule has 0 saturated heterocycles. The predicted molar refractivity (Wildman–Crippen MR) is 91.6 cm³/mol. The Morgan fingerprint density at radius 1 is 1.32 bits per heavy atom. The van der Waals surface area contributed by atoms with Crippen molar-refractivity contribution in [2.75, 3.05) is 7.11 Å². The number of nitrogens with one attached hydrogen (secondary N) is 1. The van der Waals surface area contributed by atoms with Crippen LogP contribution in [0.15, 0.2) is 50.4 Å². The number of rotatable bonds is 4. The van der Waals surface area contributed by atoms with Gasteiger partial charge in [0, 0.05) is 15.6 Å². The van der Waals surface area contributed by atoms with Crippen molar-refractivity contribution in [2.45, 2.75) is 0 Å². The van der Waals surface area contributed by atoms with Gasteiger partial charge in [0.05, 0.1) is 17.8 Å². The number of halogens is 2. The van der Waals surface area contributed by atoms with Crippen LogP contribution in [0.3, 0.4) is 0 Å². The Bertz CT molecular complexity index is 733. The lowest BCUT2D eigenvalue weighted by atomic mass is 10.2. The number of amides is 1. The van der Waals surface area contributed by atoms with E-state index in [-0.39, 0.29) is 11.7 Å². The van der Waals surface area contributed by atoms with E-state index in [2.05, 4.69) is 42.4 Å². The minimum atomic E-state index is -0.348. The van der Waals surface area contributed by atoms with Gasteiger partial charge in [-0.3, -0.25) is 4.79 Å². The van der Waals surface area contributed by atoms with Crippen molar-refractivity contribution in [3.05, 3.63) is 56.5 Å². The van der Waals surface area contributed by atoms with E-state index < -0.39 is 0 Å². The third-order valence-electron chi connectivity index (χ3n) is 2.76. The zero-order valence-corrected chi connectivity index (χ0v) is 14.7. The van der Waals surface area contributed by atoms with Crippen LogP contribution >= 0.6 is 31.9 Å². The molecular formula is C15H12Br2N2O3. The summed E-state index contributed by atoms with van der Waals surface area (Å²) in [6.07, 6.45) is 1.35. The topological polar surface area (TPSA) is 70.9 Å². The van der Waals surface area contributed by atoms with Crippen molar-refractivity contribution in [3.63, 3.8) is 0 Å². The van der Waals surface area contributed by atoms with Crippen LogP contribution in [-0.2, 0) is 0 Å². The van der Waals surface area contributed by atoms with Gasteiger partial charge in [-0.25, -0.2) is 5.43 Å². The average molecular weight is 428 g/mol. The van der Waals surface area contributed by atoms with Crippen molar-refractivity contribution >= 4 is 44.0 Å². The van der Waals surface area contributed by atoms with Crippen molar-refractivity contribution in [2.24, 2.45) is 5.10 Å². The van der Waals surface area contributed by atoms with Crippen LogP contribution in [-0.4, -0.2) is 24.3 Å². The normalized spacial score (nSPS) is 10.7. The van der Waals surface area contributed by atoms with Gasteiger partial charge in [0.2, 0.25) is 0 Å². The first-order valence-electron chi connectivity index (χ1n) is 6.16. The minimum absolute atomic E-state index is 0.0151. The van der Waals surface area contributed by atoms with Gasteiger partial charge in [-0.05, 0) is 46.3 Å². The fourth-order valence-electron chi connectivity index (χ4n) is 1.67. The van der Waals surface area contributed by atoms with E-state index in [9.17, 15) is 9.90 Å². The van der Waals surface area contributed by atoms with Crippen molar-refractivity contribution in [1.29, 1.82) is 0 Å². The zero-order valence-electron chi connectivity index (χ0n) is 11.5. The van der Waals surface area contributed by atoms with Gasteiger partial charge in [0.15, 0.2) is 0 Å². The molecule has 1 amide bonds. The Labute approximate surface area is 144 Å². The number of aromatic hydroxyl groups is 1. The van der Waals surface area contributed by atoms with E-state index in [1.54, 1.807) is 30.3 Å². The highest BCUT2D eigenvalue weighted by atomic mass is 79.9. The highest BCUT2D eigenvalue weighted by Crippen LogP contribution is 2.31. The molecule has 0 aliphatic heterocycles. The summed E-state index contributed by atoms with van der Waals surface area (Å²) < 4.78 is 6.39. The number of benzene rings is 2. The van der Waals surface area contributed by atoms with Crippen LogP contribution in [0.2, 0.25) is 0 Å². The van der Waals surface area contributed by atoms with Gasteiger partial charge in [-0.2, -0.15) is 5.10 Å². The van der Waals surface area contributed by atoms with Crippen LogP contribution in [0.4, 0.5) is 0 Å². The van der Waals surface area contributed by atoms with Gasteiger partial charge in [-0.15, -0.1) is 0 Å². The summed E-state index contributed by atoms with van der Waals surface area (Å²) in [4.78, 5) is 11.9. The molecule has 114 valence electrons. The molecule has 2 rings (SSSR count). The Kier molecular flexibility index (Phi) is 5.57. The molecule has 2 N–H and O–H groups in total. The SMILES string of the molecule is COc1cc(Br)c(O)c(/C=N\NC(=O)c2cccc(Br)c2)c1. The van der Waals surface area contributed by atoms with Gasteiger partial charge in [0.25, 0.3) is 5.91 Å². The van der Waals surface area contributed by atoms with Crippen LogP contribution < -0.4 is 10.2 Å². The van der Waals surface area contributed by atoms with Crippen LogP contribution in [0, 0.1) is 0 Å². The number of hydrogen-bond donors (Lipinski definition) is 2. The van der Waals surface area contributed by atoms with Gasteiger partial charge >= 0.3 is 0 Å². The first kappa shape index (κ1) is 16.5. The molecule has 2 aromatic rings. The number of nitrogens with zero attached hydrogens (tertiary/aromatic N) is 1. The quantitative estimate of drug-likeness (QED) is 0.577. The van der Waals surface area contributed by atoms with Gasteiger partial charge in [0.1, 0.15) is 11.5 Å². The van der Waals surface area contributed by atoms with Gasteiger partial charge in [-0.1, -0.05) is 22.0 Å². The highest BCUT2D eigenvalue weighted by Gasteiger charge is 2.08. The molecule has 0 bridgehead atoms. The maximum atomic E-state index is 11.9. The lowest BCUT2D eigenvalue weighted by Crippen LogP contribution is -2.17. The van der Waals surface area contributed by atoms with Crippen molar-refractivity contribution in [3.8, 4) is 11.5 Å². The molecule has 0 aliphatic carbocycles. The minimum Gasteiger partial charge on any atom is -0.506 e. The lowest BCUT2D eigenvalue weighted by Gasteiger charge is -2.06. The molecule has 2 aromatic carbocycles. The number of carbonyl (C=O) groups is 1. The number of ether oxygens (including phenoxy) is 1. The number of phenolic OH excluding ortho intramolecular Hbond substituents is 1. The van der Waals surface area contributed by atoms with E-state index >= 15 is 0 Å². The molecule has 0 heterocycles. The Morgan fingerprint density at radius 2 is 2.09 bits per heavy atom. The number of hydrazone groups is 1.